The molecule has 0 radical (unpaired) electrons. The van der Waals surface area contributed by atoms with Crippen LogP contribution >= 0.6 is 22.9 Å². The maximum Gasteiger partial charge on any atom is 0.297 e. The maximum absolute atomic E-state index is 13.3. The van der Waals surface area contributed by atoms with Gasteiger partial charge in [-0.05, 0) is 35.9 Å². The van der Waals surface area contributed by atoms with Crippen LogP contribution in [-0.4, -0.2) is 16.0 Å². The lowest BCUT2D eigenvalue weighted by Gasteiger charge is -2.22. The number of rotatable bonds is 2. The van der Waals surface area contributed by atoms with Gasteiger partial charge >= 0.3 is 0 Å². The van der Waals surface area contributed by atoms with Crippen molar-refractivity contribution in [3.8, 4) is 5.75 Å². The molecule has 0 saturated carbocycles. The Bertz CT molecular complexity index is 1280. The van der Waals surface area contributed by atoms with Gasteiger partial charge in [0.15, 0.2) is 10.6 Å². The fraction of sp³-hybridized carbons (Fsp3) is 0.0500. The Balaban J connectivity index is 1.83. The number of hydrogen-bond acceptors (Lipinski definition) is 6. The Kier molecular flexibility index (Phi) is 3.75. The lowest BCUT2D eigenvalue weighted by atomic mass is 9.98. The molecule has 0 aliphatic carbocycles. The summed E-state index contributed by atoms with van der Waals surface area (Å²) < 4.78 is 5.83. The Labute approximate surface area is 167 Å². The predicted molar refractivity (Wildman–Crippen MR) is 106 cm³/mol. The number of amides is 1. The van der Waals surface area contributed by atoms with E-state index in [1.54, 1.807) is 35.8 Å². The van der Waals surface area contributed by atoms with Crippen molar-refractivity contribution < 1.29 is 14.3 Å². The number of aromatic hydroxyl groups is 1. The van der Waals surface area contributed by atoms with E-state index in [4.69, 9.17) is 16.0 Å². The van der Waals surface area contributed by atoms with E-state index in [0.29, 0.717) is 26.7 Å². The fourth-order valence-electron chi connectivity index (χ4n) is 3.45. The van der Waals surface area contributed by atoms with Crippen molar-refractivity contribution in [2.24, 2.45) is 0 Å². The highest BCUT2D eigenvalue weighted by atomic mass is 35.5. The Hall–Kier alpha value is -3.16. The molecular weight excluding hydrogens is 400 g/mol. The quantitative estimate of drug-likeness (QED) is 0.531. The van der Waals surface area contributed by atoms with Gasteiger partial charge in [0.1, 0.15) is 11.3 Å². The van der Waals surface area contributed by atoms with Crippen molar-refractivity contribution in [3.05, 3.63) is 86.2 Å². The molecule has 1 unspecified atom stereocenters. The molecule has 4 aromatic rings. The second-order valence-electron chi connectivity index (χ2n) is 6.30. The van der Waals surface area contributed by atoms with Crippen LogP contribution in [0, 0.1) is 0 Å². The molecule has 0 saturated heterocycles. The Morgan fingerprint density at radius 2 is 1.93 bits per heavy atom. The molecule has 1 atom stereocenters. The number of benzene rings is 2. The van der Waals surface area contributed by atoms with E-state index in [9.17, 15) is 14.7 Å². The maximum atomic E-state index is 13.3. The number of halogens is 1. The van der Waals surface area contributed by atoms with E-state index in [1.165, 1.54) is 34.4 Å². The van der Waals surface area contributed by atoms with Crippen LogP contribution in [-0.2, 0) is 0 Å². The van der Waals surface area contributed by atoms with Gasteiger partial charge in [0.2, 0.25) is 5.76 Å². The van der Waals surface area contributed by atoms with Crippen molar-refractivity contribution in [2.45, 2.75) is 6.04 Å². The molecule has 1 amide bonds. The Morgan fingerprint density at radius 1 is 1.14 bits per heavy atom. The van der Waals surface area contributed by atoms with Crippen LogP contribution in [0.25, 0.3) is 11.0 Å². The lowest BCUT2D eigenvalue weighted by molar-refractivity contribution is 0.0971. The van der Waals surface area contributed by atoms with E-state index < -0.39 is 11.9 Å². The van der Waals surface area contributed by atoms with Crippen LogP contribution in [0.15, 0.2) is 63.3 Å². The standard InChI is InChI=1S/C20H11ClN2O4S/c21-11-3-6-14-13(9-11)17(25)15-16(10-1-4-12(24)5-2-10)23(19(26)18(15)27-14)20-22-7-8-28-20/h1-9,16,24H. The van der Waals surface area contributed by atoms with E-state index >= 15 is 0 Å². The highest BCUT2D eigenvalue weighted by Crippen LogP contribution is 2.42. The summed E-state index contributed by atoms with van der Waals surface area (Å²) in [6.07, 6.45) is 1.59. The van der Waals surface area contributed by atoms with E-state index in [0.717, 1.165) is 0 Å². The summed E-state index contributed by atoms with van der Waals surface area (Å²) >= 11 is 7.35. The second kappa shape index (κ2) is 6.19. The van der Waals surface area contributed by atoms with Gasteiger partial charge in [-0.2, -0.15) is 0 Å². The number of carbonyl (C=O) groups is 1. The molecule has 138 valence electrons. The van der Waals surface area contributed by atoms with Crippen molar-refractivity contribution in [2.75, 3.05) is 4.90 Å². The van der Waals surface area contributed by atoms with Gasteiger partial charge in [0.05, 0.1) is 17.0 Å². The zero-order valence-electron chi connectivity index (χ0n) is 14.1. The van der Waals surface area contributed by atoms with Crippen LogP contribution in [0.5, 0.6) is 5.75 Å². The van der Waals surface area contributed by atoms with E-state index in [2.05, 4.69) is 4.98 Å². The smallest absolute Gasteiger partial charge is 0.297 e. The largest absolute Gasteiger partial charge is 0.508 e. The minimum absolute atomic E-state index is 0.00639. The summed E-state index contributed by atoms with van der Waals surface area (Å²) in [5.41, 5.74) is 0.880. The van der Waals surface area contributed by atoms with Gasteiger partial charge in [-0.25, -0.2) is 4.98 Å². The fourth-order valence-corrected chi connectivity index (χ4v) is 4.29. The molecule has 5 rings (SSSR count). The molecule has 8 heteroatoms. The minimum Gasteiger partial charge on any atom is -0.508 e. The molecule has 0 bridgehead atoms. The SMILES string of the molecule is O=C1c2oc3ccc(Cl)cc3c(=O)c2C(c2ccc(O)cc2)N1c1nccs1. The summed E-state index contributed by atoms with van der Waals surface area (Å²) in [4.78, 5) is 32.2. The summed E-state index contributed by atoms with van der Waals surface area (Å²) in [6, 6.07) is 10.4. The van der Waals surface area contributed by atoms with E-state index in [-0.39, 0.29) is 22.5 Å². The summed E-state index contributed by atoms with van der Waals surface area (Å²) in [7, 11) is 0. The van der Waals surface area contributed by atoms with Gasteiger partial charge < -0.3 is 9.52 Å². The van der Waals surface area contributed by atoms with Gasteiger partial charge in [-0.15, -0.1) is 11.3 Å². The first-order valence-corrected chi connectivity index (χ1v) is 9.58. The summed E-state index contributed by atoms with van der Waals surface area (Å²) in [5, 5.41) is 12.6. The molecule has 28 heavy (non-hydrogen) atoms. The first kappa shape index (κ1) is 17.0. The number of thiazole rings is 1. The third kappa shape index (κ3) is 2.44. The molecule has 1 N–H and O–H groups in total. The van der Waals surface area contributed by atoms with Crippen molar-refractivity contribution >= 4 is 44.9 Å². The average Bonchev–Trinajstić information content (AvgIpc) is 3.30. The number of carbonyl (C=O) groups excluding carboxylic acids is 1. The lowest BCUT2D eigenvalue weighted by Crippen LogP contribution is -2.29. The van der Waals surface area contributed by atoms with Gasteiger partial charge in [-0.3, -0.25) is 14.5 Å². The first-order chi connectivity index (χ1) is 13.5. The van der Waals surface area contributed by atoms with Crippen LogP contribution < -0.4 is 10.3 Å². The molecule has 0 fully saturated rings. The third-order valence-electron chi connectivity index (χ3n) is 4.67. The third-order valence-corrected chi connectivity index (χ3v) is 5.67. The number of nitrogens with zero attached hydrogens (tertiary/aromatic N) is 2. The number of hydrogen-bond donors (Lipinski definition) is 1. The van der Waals surface area contributed by atoms with Crippen molar-refractivity contribution in [1.82, 2.24) is 4.98 Å². The Morgan fingerprint density at radius 3 is 2.64 bits per heavy atom. The molecule has 0 spiro atoms. The molecule has 1 aliphatic rings. The van der Waals surface area contributed by atoms with Crippen LogP contribution in [0.4, 0.5) is 5.13 Å². The number of aromatic nitrogens is 1. The normalized spacial score (nSPS) is 16.0. The van der Waals surface area contributed by atoms with E-state index in [1.807, 2.05) is 0 Å². The number of phenols is 1. The first-order valence-electron chi connectivity index (χ1n) is 8.33. The molecule has 3 heterocycles. The van der Waals surface area contributed by atoms with Gasteiger partial charge in [-0.1, -0.05) is 23.7 Å². The minimum atomic E-state index is -0.714. The number of anilines is 1. The number of fused-ring (bicyclic) bond motifs is 2. The van der Waals surface area contributed by atoms with Gasteiger partial charge in [0.25, 0.3) is 5.91 Å². The molecule has 2 aromatic carbocycles. The average molecular weight is 411 g/mol. The monoisotopic (exact) mass is 410 g/mol. The highest BCUT2D eigenvalue weighted by Gasteiger charge is 2.44. The van der Waals surface area contributed by atoms with Crippen molar-refractivity contribution in [3.63, 3.8) is 0 Å². The molecular formula is C20H11ClN2O4S. The second-order valence-corrected chi connectivity index (χ2v) is 7.61. The zero-order valence-corrected chi connectivity index (χ0v) is 15.7. The molecule has 6 nitrogen and oxygen atoms in total. The predicted octanol–water partition coefficient (Wildman–Crippen LogP) is 4.36. The van der Waals surface area contributed by atoms with Crippen molar-refractivity contribution in [1.29, 1.82) is 0 Å². The summed E-state index contributed by atoms with van der Waals surface area (Å²) in [6.45, 7) is 0. The van der Waals surface area contributed by atoms with Crippen LogP contribution in [0.3, 0.4) is 0 Å². The van der Waals surface area contributed by atoms with Crippen LogP contribution in [0.1, 0.15) is 27.7 Å². The van der Waals surface area contributed by atoms with Crippen LogP contribution in [0.2, 0.25) is 5.02 Å². The molecule has 2 aromatic heterocycles. The summed E-state index contributed by atoms with van der Waals surface area (Å²) in [5.74, 6) is -0.350. The zero-order chi connectivity index (χ0) is 19.4. The molecule has 1 aliphatic heterocycles. The highest BCUT2D eigenvalue weighted by molar-refractivity contribution is 7.13. The van der Waals surface area contributed by atoms with Gasteiger partial charge in [0, 0.05) is 16.6 Å². The number of phenolic OH excluding ortho intramolecular Hbond substituents is 1. The topological polar surface area (TPSA) is 83.6 Å².